The van der Waals surface area contributed by atoms with E-state index in [1.54, 1.807) is 18.0 Å². The molecule has 110 valence electrons. The fraction of sp³-hybridized carbons (Fsp3) is 0.333. The quantitative estimate of drug-likeness (QED) is 0.920. The van der Waals surface area contributed by atoms with Crippen molar-refractivity contribution in [2.45, 2.75) is 19.1 Å². The van der Waals surface area contributed by atoms with E-state index in [1.165, 1.54) is 0 Å². The first kappa shape index (κ1) is 14.0. The summed E-state index contributed by atoms with van der Waals surface area (Å²) in [6.07, 6.45) is 2.60. The van der Waals surface area contributed by atoms with E-state index in [2.05, 4.69) is 10.5 Å². The third kappa shape index (κ3) is 3.39. The van der Waals surface area contributed by atoms with Crippen LogP contribution in [0.2, 0.25) is 0 Å². The van der Waals surface area contributed by atoms with Crippen LogP contribution >= 0.6 is 11.8 Å². The van der Waals surface area contributed by atoms with Gasteiger partial charge in [-0.1, -0.05) is 5.16 Å². The van der Waals surface area contributed by atoms with Crippen LogP contribution in [0.1, 0.15) is 16.9 Å². The molecule has 21 heavy (non-hydrogen) atoms. The van der Waals surface area contributed by atoms with Crippen molar-refractivity contribution in [1.82, 2.24) is 5.16 Å². The predicted molar refractivity (Wildman–Crippen MR) is 81.7 cm³/mol. The molecule has 0 saturated heterocycles. The molecule has 0 saturated carbocycles. The minimum atomic E-state index is -0.00651. The molecule has 2 heterocycles. The van der Waals surface area contributed by atoms with Crippen molar-refractivity contribution in [3.8, 4) is 5.75 Å². The zero-order valence-corrected chi connectivity index (χ0v) is 12.5. The number of hydrogen-bond donors (Lipinski definition) is 1. The summed E-state index contributed by atoms with van der Waals surface area (Å²) in [7, 11) is 0. The van der Waals surface area contributed by atoms with E-state index >= 15 is 0 Å². The molecule has 5 nitrogen and oxygen atoms in total. The van der Waals surface area contributed by atoms with Gasteiger partial charge in [0.05, 0.1) is 18.6 Å². The Balaban J connectivity index is 1.49. The Morgan fingerprint density at radius 3 is 3.19 bits per heavy atom. The van der Waals surface area contributed by atoms with Gasteiger partial charge in [0, 0.05) is 23.4 Å². The van der Waals surface area contributed by atoms with Crippen LogP contribution in [0, 0.1) is 6.92 Å². The summed E-state index contributed by atoms with van der Waals surface area (Å²) in [5, 5.41) is 6.63. The molecular weight excluding hydrogens is 288 g/mol. The highest BCUT2D eigenvalue weighted by atomic mass is 32.2. The fourth-order valence-corrected chi connectivity index (χ4v) is 3.03. The van der Waals surface area contributed by atoms with Crippen LogP contribution in [0.4, 0.5) is 5.69 Å². The van der Waals surface area contributed by atoms with Crippen LogP contribution in [-0.4, -0.2) is 23.4 Å². The fourth-order valence-electron chi connectivity index (χ4n) is 2.17. The zero-order chi connectivity index (χ0) is 14.7. The second-order valence-corrected chi connectivity index (χ2v) is 5.85. The number of thioether (sulfide) groups is 1. The molecule has 1 amide bonds. The molecule has 0 fully saturated rings. The number of benzene rings is 1. The Hall–Kier alpha value is -1.95. The zero-order valence-electron chi connectivity index (χ0n) is 11.7. The van der Waals surface area contributed by atoms with E-state index in [-0.39, 0.29) is 5.91 Å². The number of carbonyl (C=O) groups is 1. The van der Waals surface area contributed by atoms with E-state index in [9.17, 15) is 4.79 Å². The van der Waals surface area contributed by atoms with Crippen LogP contribution in [0.3, 0.4) is 0 Å². The molecule has 0 atom stereocenters. The summed E-state index contributed by atoms with van der Waals surface area (Å²) in [4.78, 5) is 11.9. The van der Waals surface area contributed by atoms with E-state index in [4.69, 9.17) is 9.26 Å². The summed E-state index contributed by atoms with van der Waals surface area (Å²) < 4.78 is 10.4. The second kappa shape index (κ2) is 6.22. The van der Waals surface area contributed by atoms with Crippen molar-refractivity contribution in [3.05, 3.63) is 41.3 Å². The minimum Gasteiger partial charge on any atom is -0.493 e. The molecule has 0 unspecified atom stereocenters. The van der Waals surface area contributed by atoms with Crippen molar-refractivity contribution >= 4 is 23.4 Å². The molecule has 6 heteroatoms. The minimum absolute atomic E-state index is 0.00651. The van der Waals surface area contributed by atoms with Gasteiger partial charge in [0.2, 0.25) is 5.91 Å². The molecule has 3 rings (SSSR count). The van der Waals surface area contributed by atoms with Gasteiger partial charge in [0.25, 0.3) is 0 Å². The van der Waals surface area contributed by atoms with E-state index in [0.29, 0.717) is 5.75 Å². The lowest BCUT2D eigenvalue weighted by Gasteiger charge is -2.06. The maximum absolute atomic E-state index is 11.9. The number of rotatable bonds is 5. The van der Waals surface area contributed by atoms with Crippen LogP contribution in [0.5, 0.6) is 5.75 Å². The highest BCUT2D eigenvalue weighted by Crippen LogP contribution is 2.27. The number of nitrogens with one attached hydrogen (secondary N) is 1. The molecule has 0 aliphatic carbocycles. The first-order valence-corrected chi connectivity index (χ1v) is 7.91. The van der Waals surface area contributed by atoms with E-state index in [1.807, 2.05) is 25.1 Å². The molecule has 1 aromatic heterocycles. The average molecular weight is 304 g/mol. The molecule has 0 bridgehead atoms. The number of amides is 1. The molecule has 0 radical (unpaired) electrons. The Bertz CT molecular complexity index is 654. The number of carbonyl (C=O) groups excluding carboxylic acids is 1. The molecule has 1 N–H and O–H groups in total. The van der Waals surface area contributed by atoms with Gasteiger partial charge in [-0.25, -0.2) is 0 Å². The van der Waals surface area contributed by atoms with Gasteiger partial charge in [-0.2, -0.15) is 0 Å². The predicted octanol–water partition coefficient (Wildman–Crippen LogP) is 2.79. The second-order valence-electron chi connectivity index (χ2n) is 4.87. The third-order valence-electron chi connectivity index (χ3n) is 3.31. The molecule has 1 aromatic carbocycles. The average Bonchev–Trinajstić information content (AvgIpc) is 3.07. The first-order valence-electron chi connectivity index (χ1n) is 6.76. The van der Waals surface area contributed by atoms with Crippen molar-refractivity contribution < 1.29 is 14.1 Å². The van der Waals surface area contributed by atoms with Crippen molar-refractivity contribution in [3.63, 3.8) is 0 Å². The SMILES string of the molecule is Cc1oncc1CSCC(=O)Nc1ccc2c(c1)CCO2. The number of ether oxygens (including phenoxy) is 1. The van der Waals surface area contributed by atoms with Crippen LogP contribution in [0.25, 0.3) is 0 Å². The number of nitrogens with zero attached hydrogens (tertiary/aromatic N) is 1. The highest BCUT2D eigenvalue weighted by molar-refractivity contribution is 7.99. The summed E-state index contributed by atoms with van der Waals surface area (Å²) in [6, 6.07) is 5.76. The lowest BCUT2D eigenvalue weighted by molar-refractivity contribution is -0.113. The molecule has 0 spiro atoms. The maximum atomic E-state index is 11.9. The van der Waals surface area contributed by atoms with Gasteiger partial charge < -0.3 is 14.6 Å². The standard InChI is InChI=1S/C15H16N2O3S/c1-10-12(7-16-20-10)8-21-9-15(18)17-13-2-3-14-11(6-13)4-5-19-14/h2-3,6-7H,4-5,8-9H2,1H3,(H,17,18). The van der Waals surface area contributed by atoms with Gasteiger partial charge in [-0.05, 0) is 30.7 Å². The molecule has 1 aliphatic heterocycles. The Kier molecular flexibility index (Phi) is 4.15. The lowest BCUT2D eigenvalue weighted by atomic mass is 10.1. The van der Waals surface area contributed by atoms with E-state index in [0.717, 1.165) is 47.1 Å². The normalized spacial score (nSPS) is 12.8. The van der Waals surface area contributed by atoms with Crippen LogP contribution in [-0.2, 0) is 17.0 Å². The number of aromatic nitrogens is 1. The monoisotopic (exact) mass is 304 g/mol. The van der Waals surface area contributed by atoms with Gasteiger partial charge in [-0.15, -0.1) is 11.8 Å². The van der Waals surface area contributed by atoms with Gasteiger partial charge >= 0.3 is 0 Å². The maximum Gasteiger partial charge on any atom is 0.234 e. The molecule has 1 aliphatic rings. The number of anilines is 1. The summed E-state index contributed by atoms with van der Waals surface area (Å²) in [5.74, 6) is 2.85. The Morgan fingerprint density at radius 2 is 2.38 bits per heavy atom. The Morgan fingerprint density at radius 1 is 1.48 bits per heavy atom. The molecule has 2 aromatic rings. The van der Waals surface area contributed by atoms with Gasteiger partial charge in [-0.3, -0.25) is 4.79 Å². The van der Waals surface area contributed by atoms with Crippen LogP contribution < -0.4 is 10.1 Å². The Labute approximate surface area is 127 Å². The number of aryl methyl sites for hydroxylation is 1. The van der Waals surface area contributed by atoms with E-state index < -0.39 is 0 Å². The van der Waals surface area contributed by atoms with Crippen molar-refractivity contribution in [1.29, 1.82) is 0 Å². The smallest absolute Gasteiger partial charge is 0.234 e. The summed E-state index contributed by atoms with van der Waals surface area (Å²) in [5.41, 5.74) is 3.01. The van der Waals surface area contributed by atoms with Gasteiger partial charge in [0.15, 0.2) is 0 Å². The summed E-state index contributed by atoms with van der Waals surface area (Å²) in [6.45, 7) is 2.59. The van der Waals surface area contributed by atoms with Crippen molar-refractivity contribution in [2.75, 3.05) is 17.7 Å². The third-order valence-corrected chi connectivity index (χ3v) is 4.30. The van der Waals surface area contributed by atoms with Crippen molar-refractivity contribution in [2.24, 2.45) is 0 Å². The summed E-state index contributed by atoms with van der Waals surface area (Å²) >= 11 is 1.54. The first-order chi connectivity index (χ1) is 10.2. The lowest BCUT2D eigenvalue weighted by Crippen LogP contribution is -2.14. The number of fused-ring (bicyclic) bond motifs is 1. The number of hydrogen-bond acceptors (Lipinski definition) is 5. The van der Waals surface area contributed by atoms with Gasteiger partial charge in [0.1, 0.15) is 11.5 Å². The topological polar surface area (TPSA) is 64.4 Å². The molecular formula is C15H16N2O3S. The highest BCUT2D eigenvalue weighted by Gasteiger charge is 2.13. The van der Waals surface area contributed by atoms with Crippen LogP contribution in [0.15, 0.2) is 28.9 Å². The largest absolute Gasteiger partial charge is 0.493 e.